The van der Waals surface area contributed by atoms with Crippen molar-refractivity contribution in [3.05, 3.63) is 64.7 Å². The van der Waals surface area contributed by atoms with E-state index in [-0.39, 0.29) is 18.1 Å². The molecular formula is C25H26F2N6O2. The van der Waals surface area contributed by atoms with E-state index in [2.05, 4.69) is 21.9 Å². The Labute approximate surface area is 202 Å². The monoisotopic (exact) mass is 480 g/mol. The molecule has 2 heterocycles. The van der Waals surface area contributed by atoms with Gasteiger partial charge in [0, 0.05) is 37.5 Å². The summed E-state index contributed by atoms with van der Waals surface area (Å²) < 4.78 is 34.3. The number of allylic oxidation sites excluding steroid dienone is 1. The standard InChI is InChI=1S/C25H26F2N6O2/c1-13(2)17-8-15(9-18(26)22(17)27)20-12-29-24-32(5)25(34)31-23(33(20)24)30-19-10-21(35-6)16(11-28-4)7-14(19)3/h7-11,20H,1,12H2,2-6H3,(H,30,31,34). The molecule has 4 rings (SSSR count). The lowest BCUT2D eigenvalue weighted by atomic mass is 9.99. The fourth-order valence-corrected chi connectivity index (χ4v) is 4.11. The van der Waals surface area contributed by atoms with Crippen molar-refractivity contribution in [3.63, 3.8) is 0 Å². The van der Waals surface area contributed by atoms with E-state index < -0.39 is 23.7 Å². The van der Waals surface area contributed by atoms with Crippen LogP contribution in [0.15, 0.2) is 45.8 Å². The molecule has 0 aromatic heterocycles. The number of aryl methyl sites for hydroxylation is 1. The molecule has 1 fully saturated rings. The van der Waals surface area contributed by atoms with E-state index in [9.17, 15) is 13.6 Å². The summed E-state index contributed by atoms with van der Waals surface area (Å²) in [6.45, 7) is 7.48. The quantitative estimate of drug-likeness (QED) is 0.644. The summed E-state index contributed by atoms with van der Waals surface area (Å²) in [6.07, 6.45) is 1.68. The van der Waals surface area contributed by atoms with Crippen molar-refractivity contribution in [2.24, 2.45) is 15.0 Å². The summed E-state index contributed by atoms with van der Waals surface area (Å²) >= 11 is 0. The Morgan fingerprint density at radius 1 is 1.31 bits per heavy atom. The van der Waals surface area contributed by atoms with Crippen LogP contribution in [-0.4, -0.2) is 61.7 Å². The molecule has 1 unspecified atom stereocenters. The van der Waals surface area contributed by atoms with Gasteiger partial charge in [-0.1, -0.05) is 6.58 Å². The number of carbonyl (C=O) groups is 1. The van der Waals surface area contributed by atoms with Crippen molar-refractivity contribution in [2.45, 2.75) is 19.9 Å². The normalized spacial score (nSPS) is 18.7. The lowest BCUT2D eigenvalue weighted by molar-refractivity contribution is 0.222. The number of benzene rings is 2. The van der Waals surface area contributed by atoms with Gasteiger partial charge in [0.25, 0.3) is 0 Å². The van der Waals surface area contributed by atoms with Crippen LogP contribution >= 0.6 is 0 Å². The number of rotatable bonds is 5. The van der Waals surface area contributed by atoms with Gasteiger partial charge in [0.2, 0.25) is 11.9 Å². The Morgan fingerprint density at radius 3 is 2.71 bits per heavy atom. The highest BCUT2D eigenvalue weighted by atomic mass is 19.2. The van der Waals surface area contributed by atoms with Crippen molar-refractivity contribution in [3.8, 4) is 5.75 Å². The fraction of sp³-hybridized carbons (Fsp3) is 0.280. The van der Waals surface area contributed by atoms with Crippen LogP contribution in [0.3, 0.4) is 0 Å². The molecule has 0 radical (unpaired) electrons. The number of hydrogen-bond donors (Lipinski definition) is 1. The summed E-state index contributed by atoms with van der Waals surface area (Å²) in [6, 6.07) is 5.41. The third-order valence-electron chi connectivity index (χ3n) is 5.92. The zero-order valence-electron chi connectivity index (χ0n) is 20.2. The van der Waals surface area contributed by atoms with Gasteiger partial charge < -0.3 is 4.74 Å². The Morgan fingerprint density at radius 2 is 2.06 bits per heavy atom. The molecule has 2 aromatic carbocycles. The molecule has 1 atom stereocenters. The molecule has 0 bridgehead atoms. The largest absolute Gasteiger partial charge is 0.496 e. The lowest BCUT2D eigenvalue weighted by Crippen LogP contribution is -2.61. The second kappa shape index (κ2) is 9.28. The van der Waals surface area contributed by atoms with Gasteiger partial charge in [-0.15, -0.1) is 0 Å². The number of ether oxygens (including phenoxy) is 1. The summed E-state index contributed by atoms with van der Waals surface area (Å²) in [7, 11) is 4.80. The van der Waals surface area contributed by atoms with Crippen molar-refractivity contribution in [1.82, 2.24) is 15.1 Å². The first-order valence-electron chi connectivity index (χ1n) is 10.9. The van der Waals surface area contributed by atoms with E-state index in [1.165, 1.54) is 4.90 Å². The van der Waals surface area contributed by atoms with Crippen LogP contribution in [0.1, 0.15) is 35.2 Å². The molecular weight excluding hydrogens is 454 g/mol. The zero-order valence-corrected chi connectivity index (χ0v) is 20.2. The number of halogens is 2. The van der Waals surface area contributed by atoms with Crippen molar-refractivity contribution in [1.29, 1.82) is 0 Å². The fourth-order valence-electron chi connectivity index (χ4n) is 4.11. The van der Waals surface area contributed by atoms with Crippen molar-refractivity contribution in [2.75, 3.05) is 27.7 Å². The van der Waals surface area contributed by atoms with Crippen LogP contribution in [0, 0.1) is 18.6 Å². The summed E-state index contributed by atoms with van der Waals surface area (Å²) in [5.41, 5.74) is 3.16. The average Bonchev–Trinajstić information content (AvgIpc) is 3.26. The Bertz CT molecular complexity index is 1320. The first-order chi connectivity index (χ1) is 16.7. The molecule has 0 aliphatic carbocycles. The third-order valence-corrected chi connectivity index (χ3v) is 5.92. The minimum Gasteiger partial charge on any atom is -0.496 e. The molecule has 1 N–H and O–H groups in total. The van der Waals surface area contributed by atoms with Crippen LogP contribution in [-0.2, 0) is 0 Å². The predicted molar refractivity (Wildman–Crippen MR) is 133 cm³/mol. The van der Waals surface area contributed by atoms with Crippen molar-refractivity contribution >= 4 is 35.4 Å². The summed E-state index contributed by atoms with van der Waals surface area (Å²) in [5.74, 6) is -0.776. The average molecular weight is 481 g/mol. The van der Waals surface area contributed by atoms with Crippen LogP contribution in [0.4, 0.5) is 19.3 Å². The Kier molecular flexibility index (Phi) is 6.38. The maximum absolute atomic E-state index is 14.5. The van der Waals surface area contributed by atoms with Crippen LogP contribution in [0.5, 0.6) is 5.75 Å². The number of amides is 2. The molecule has 2 amide bonds. The van der Waals surface area contributed by atoms with Gasteiger partial charge in [-0.25, -0.2) is 23.6 Å². The van der Waals surface area contributed by atoms with Crippen molar-refractivity contribution < 1.29 is 18.3 Å². The first kappa shape index (κ1) is 24.1. The number of aliphatic imine (C=N–C) groups is 3. The molecule has 8 nitrogen and oxygen atoms in total. The minimum atomic E-state index is -0.976. The highest BCUT2D eigenvalue weighted by Gasteiger charge is 2.41. The maximum atomic E-state index is 14.5. The van der Waals surface area contributed by atoms with E-state index >= 15 is 0 Å². The molecule has 2 aliphatic rings. The van der Waals surface area contributed by atoms with Crippen LogP contribution < -0.4 is 10.1 Å². The molecule has 10 heteroatoms. The second-order valence-corrected chi connectivity index (χ2v) is 8.36. The molecule has 2 aromatic rings. The second-order valence-electron chi connectivity index (χ2n) is 8.36. The van der Waals surface area contributed by atoms with E-state index in [4.69, 9.17) is 9.73 Å². The maximum Gasteiger partial charge on any atom is 0.330 e. The molecule has 35 heavy (non-hydrogen) atoms. The zero-order chi connectivity index (χ0) is 25.4. The number of nitrogens with zero attached hydrogens (tertiary/aromatic N) is 5. The highest BCUT2D eigenvalue weighted by molar-refractivity contribution is 6.16. The number of hydrogen-bond acceptors (Lipinski definition) is 5. The SMILES string of the molecule is C=C(C)c1cc(C2CN=C3N(C)C(=O)NC(=Nc4cc(OC)c(C=NC)cc4C)N32)cc(F)c1F. The van der Waals surface area contributed by atoms with E-state index in [0.717, 1.165) is 17.2 Å². The number of guanidine groups is 2. The van der Waals surface area contributed by atoms with Crippen LogP contribution in [0.2, 0.25) is 0 Å². The van der Waals surface area contributed by atoms with Gasteiger partial charge in [-0.2, -0.15) is 0 Å². The van der Waals surface area contributed by atoms with E-state index in [0.29, 0.717) is 28.5 Å². The number of methoxy groups -OCH3 is 1. The molecule has 0 saturated carbocycles. The molecule has 0 spiro atoms. The van der Waals surface area contributed by atoms with Gasteiger partial charge in [0.05, 0.1) is 25.4 Å². The Hall–Kier alpha value is -4.08. The van der Waals surface area contributed by atoms with Gasteiger partial charge in [-0.05, 0) is 48.7 Å². The predicted octanol–water partition coefficient (Wildman–Crippen LogP) is 4.42. The number of urea groups is 1. The number of carbonyl (C=O) groups excluding carboxylic acids is 1. The Balaban J connectivity index is 1.83. The molecule has 2 aliphatic heterocycles. The van der Waals surface area contributed by atoms with Gasteiger partial charge >= 0.3 is 6.03 Å². The summed E-state index contributed by atoms with van der Waals surface area (Å²) in [5, 5.41) is 2.78. The van der Waals surface area contributed by atoms with E-state index in [1.54, 1.807) is 51.4 Å². The highest BCUT2D eigenvalue weighted by Crippen LogP contribution is 2.34. The van der Waals surface area contributed by atoms with Gasteiger partial charge in [0.1, 0.15) is 5.75 Å². The van der Waals surface area contributed by atoms with Gasteiger partial charge in [0.15, 0.2) is 11.6 Å². The first-order valence-corrected chi connectivity index (χ1v) is 10.9. The topological polar surface area (TPSA) is 81.9 Å². The molecule has 1 saturated heterocycles. The third kappa shape index (κ3) is 4.27. The van der Waals surface area contributed by atoms with Gasteiger partial charge in [-0.3, -0.25) is 20.1 Å². The minimum absolute atomic E-state index is 0.0927. The molecule has 182 valence electrons. The van der Waals surface area contributed by atoms with E-state index in [1.807, 2.05) is 13.0 Å². The number of fused-ring (bicyclic) bond motifs is 1. The summed E-state index contributed by atoms with van der Waals surface area (Å²) in [4.78, 5) is 29.0. The number of nitrogens with one attached hydrogen (secondary N) is 1. The smallest absolute Gasteiger partial charge is 0.330 e. The van der Waals surface area contributed by atoms with Crippen LogP contribution in [0.25, 0.3) is 5.57 Å². The lowest BCUT2D eigenvalue weighted by Gasteiger charge is -2.37.